The van der Waals surface area contributed by atoms with E-state index in [9.17, 15) is 5.11 Å². The highest BCUT2D eigenvalue weighted by Crippen LogP contribution is 2.42. The van der Waals surface area contributed by atoms with Gasteiger partial charge in [0.15, 0.2) is 6.29 Å². The van der Waals surface area contributed by atoms with E-state index in [-0.39, 0.29) is 30.8 Å². The summed E-state index contributed by atoms with van der Waals surface area (Å²) in [5.41, 5.74) is 13.5. The van der Waals surface area contributed by atoms with E-state index in [0.717, 1.165) is 39.9 Å². The molecule has 1 aliphatic heterocycles. The third-order valence-corrected chi connectivity index (χ3v) is 8.19. The van der Waals surface area contributed by atoms with Crippen LogP contribution in [-0.2, 0) is 22.6 Å². The molecule has 3 N–H and O–H groups in total. The monoisotopic (exact) mass is 536 g/mol. The maximum absolute atomic E-state index is 9.56. The summed E-state index contributed by atoms with van der Waals surface area (Å²) in [6.45, 7) is 5.74. The second kappa shape index (κ2) is 12.9. The first-order valence-electron chi connectivity index (χ1n) is 14.1. The molecule has 0 spiro atoms. The van der Waals surface area contributed by atoms with Crippen LogP contribution in [0.3, 0.4) is 0 Å². The lowest BCUT2D eigenvalue weighted by Crippen LogP contribution is -2.44. The van der Waals surface area contributed by atoms with Crippen LogP contribution in [0.15, 0.2) is 103 Å². The van der Waals surface area contributed by atoms with Crippen molar-refractivity contribution >= 4 is 0 Å². The third kappa shape index (κ3) is 6.35. The van der Waals surface area contributed by atoms with Crippen LogP contribution in [-0.4, -0.2) is 29.7 Å². The molecule has 4 aromatic rings. The summed E-state index contributed by atoms with van der Waals surface area (Å²) in [4.78, 5) is 2.36. The Labute approximate surface area is 238 Å². The summed E-state index contributed by atoms with van der Waals surface area (Å²) in [5.74, 6) is 0.117. The molecule has 1 heterocycles. The second-order valence-corrected chi connectivity index (χ2v) is 10.9. The minimum atomic E-state index is -0.512. The molecule has 40 heavy (non-hydrogen) atoms. The van der Waals surface area contributed by atoms with E-state index < -0.39 is 6.29 Å². The highest BCUT2D eigenvalue weighted by atomic mass is 16.7. The van der Waals surface area contributed by atoms with Crippen LogP contribution < -0.4 is 5.73 Å². The van der Waals surface area contributed by atoms with Crippen LogP contribution in [0.1, 0.15) is 60.1 Å². The number of aliphatic hydroxyl groups excluding tert-OH is 1. The fraction of sp³-hybridized carbons (Fsp3) is 0.314. The summed E-state index contributed by atoms with van der Waals surface area (Å²) in [6.07, 6.45) is -0.718. The van der Waals surface area contributed by atoms with Crippen molar-refractivity contribution in [2.24, 2.45) is 11.7 Å². The van der Waals surface area contributed by atoms with E-state index in [1.54, 1.807) is 0 Å². The highest BCUT2D eigenvalue weighted by Gasteiger charge is 2.39. The van der Waals surface area contributed by atoms with Crippen molar-refractivity contribution in [2.75, 3.05) is 13.6 Å². The zero-order valence-electron chi connectivity index (χ0n) is 23.6. The number of hydrogen-bond donors (Lipinski definition) is 2. The molecule has 5 nitrogen and oxygen atoms in total. The molecule has 0 aliphatic carbocycles. The van der Waals surface area contributed by atoms with Crippen molar-refractivity contribution in [1.82, 2.24) is 4.90 Å². The lowest BCUT2D eigenvalue weighted by molar-refractivity contribution is -0.276. The molecule has 5 heteroatoms. The SMILES string of the molecule is CC1C(CN(C)C(C)c2ccccc2)OC(c2cccc(-c3cccc(CN)c3)c2)OC1c1ccc(CO)cc1. The summed E-state index contributed by atoms with van der Waals surface area (Å²) in [5, 5.41) is 9.56. The summed E-state index contributed by atoms with van der Waals surface area (Å²) < 4.78 is 13.5. The summed E-state index contributed by atoms with van der Waals surface area (Å²) >= 11 is 0. The van der Waals surface area contributed by atoms with E-state index in [1.165, 1.54) is 5.56 Å². The van der Waals surface area contributed by atoms with Gasteiger partial charge in [-0.1, -0.05) is 97.9 Å². The topological polar surface area (TPSA) is 68.0 Å². The highest BCUT2D eigenvalue weighted by molar-refractivity contribution is 5.65. The van der Waals surface area contributed by atoms with Gasteiger partial charge < -0.3 is 20.3 Å². The van der Waals surface area contributed by atoms with Gasteiger partial charge in [0.1, 0.15) is 0 Å². The molecule has 208 valence electrons. The van der Waals surface area contributed by atoms with E-state index >= 15 is 0 Å². The predicted octanol–water partition coefficient (Wildman–Crippen LogP) is 6.79. The lowest BCUT2D eigenvalue weighted by Gasteiger charge is -2.43. The fourth-order valence-corrected chi connectivity index (χ4v) is 5.50. The van der Waals surface area contributed by atoms with Crippen LogP contribution in [0.25, 0.3) is 11.1 Å². The van der Waals surface area contributed by atoms with Gasteiger partial charge in [0.05, 0.1) is 18.8 Å². The van der Waals surface area contributed by atoms with Gasteiger partial charge in [0, 0.05) is 30.6 Å². The molecule has 1 fully saturated rings. The molecule has 0 bridgehead atoms. The molecule has 0 saturated carbocycles. The van der Waals surface area contributed by atoms with Crippen LogP contribution in [0.2, 0.25) is 0 Å². The van der Waals surface area contributed by atoms with Crippen molar-refractivity contribution in [3.05, 3.63) is 131 Å². The number of nitrogens with zero attached hydrogens (tertiary/aromatic N) is 1. The molecule has 1 aliphatic rings. The average molecular weight is 537 g/mol. The first kappa shape index (κ1) is 28.2. The maximum Gasteiger partial charge on any atom is 0.184 e. The molecular weight excluding hydrogens is 496 g/mol. The van der Waals surface area contributed by atoms with E-state index in [4.69, 9.17) is 15.2 Å². The molecule has 0 aromatic heterocycles. The van der Waals surface area contributed by atoms with Gasteiger partial charge in [0.2, 0.25) is 0 Å². The Bertz CT molecular complexity index is 1380. The second-order valence-electron chi connectivity index (χ2n) is 10.9. The van der Waals surface area contributed by atoms with Gasteiger partial charge in [-0.05, 0) is 59.5 Å². The van der Waals surface area contributed by atoms with Crippen LogP contribution in [0.4, 0.5) is 0 Å². The first-order valence-corrected chi connectivity index (χ1v) is 14.1. The Morgan fingerprint density at radius 2 is 1.50 bits per heavy atom. The number of ether oxygens (including phenoxy) is 2. The Balaban J connectivity index is 1.44. The van der Waals surface area contributed by atoms with Gasteiger partial charge in [-0.3, -0.25) is 4.90 Å². The Morgan fingerprint density at radius 3 is 2.20 bits per heavy atom. The minimum absolute atomic E-state index is 0.0238. The number of aliphatic hydroxyl groups is 1. The molecule has 0 amide bonds. The normalized spacial score (nSPS) is 21.9. The lowest BCUT2D eigenvalue weighted by atomic mass is 9.89. The van der Waals surface area contributed by atoms with Crippen molar-refractivity contribution < 1.29 is 14.6 Å². The minimum Gasteiger partial charge on any atom is -0.392 e. The van der Waals surface area contributed by atoms with Crippen LogP contribution >= 0.6 is 0 Å². The summed E-state index contributed by atoms with van der Waals surface area (Å²) in [7, 11) is 2.16. The Hall–Kier alpha value is -3.32. The fourth-order valence-electron chi connectivity index (χ4n) is 5.50. The van der Waals surface area contributed by atoms with Crippen molar-refractivity contribution in [2.45, 2.75) is 51.5 Å². The van der Waals surface area contributed by atoms with Crippen molar-refractivity contribution in [3.63, 3.8) is 0 Å². The quantitative estimate of drug-likeness (QED) is 0.247. The van der Waals surface area contributed by atoms with E-state index in [1.807, 2.05) is 24.3 Å². The Morgan fingerprint density at radius 1 is 0.800 bits per heavy atom. The molecule has 1 saturated heterocycles. The van der Waals surface area contributed by atoms with E-state index in [2.05, 4.69) is 105 Å². The molecule has 5 atom stereocenters. The van der Waals surface area contributed by atoms with E-state index in [0.29, 0.717) is 6.54 Å². The van der Waals surface area contributed by atoms with Gasteiger partial charge >= 0.3 is 0 Å². The zero-order chi connectivity index (χ0) is 28.1. The number of rotatable bonds is 9. The molecule has 4 aromatic carbocycles. The van der Waals surface area contributed by atoms with Crippen LogP contribution in [0, 0.1) is 5.92 Å². The number of nitrogens with two attached hydrogens (primary N) is 1. The number of hydrogen-bond acceptors (Lipinski definition) is 5. The third-order valence-electron chi connectivity index (χ3n) is 8.19. The standard InChI is InChI=1S/C35H40N2O3/c1-24-33(22-37(3)25(2)28-10-5-4-6-11-28)39-35(40-34(24)29-17-15-26(23-38)16-18-29)32-14-8-13-31(20-32)30-12-7-9-27(19-30)21-36/h4-20,24-25,33-35,38H,21-23,36H2,1-3H3. The maximum atomic E-state index is 9.56. The largest absolute Gasteiger partial charge is 0.392 e. The van der Waals surface area contributed by atoms with Gasteiger partial charge in [-0.25, -0.2) is 0 Å². The van der Waals surface area contributed by atoms with Crippen LogP contribution in [0.5, 0.6) is 0 Å². The number of likely N-dealkylation sites (N-methyl/N-ethyl adjacent to an activating group) is 1. The zero-order valence-corrected chi connectivity index (χ0v) is 23.6. The molecular formula is C35H40N2O3. The Kier molecular flexibility index (Phi) is 9.10. The predicted molar refractivity (Wildman–Crippen MR) is 160 cm³/mol. The van der Waals surface area contributed by atoms with Gasteiger partial charge in [-0.2, -0.15) is 0 Å². The molecule has 0 radical (unpaired) electrons. The summed E-state index contributed by atoms with van der Waals surface area (Å²) in [6, 6.07) is 35.7. The van der Waals surface area contributed by atoms with Crippen molar-refractivity contribution in [1.29, 1.82) is 0 Å². The van der Waals surface area contributed by atoms with Gasteiger partial charge in [0.25, 0.3) is 0 Å². The molecule has 5 unspecified atom stereocenters. The molecule has 5 rings (SSSR count). The first-order chi connectivity index (χ1) is 19.5. The average Bonchev–Trinajstić information content (AvgIpc) is 3.02. The smallest absolute Gasteiger partial charge is 0.184 e. The number of benzene rings is 4. The van der Waals surface area contributed by atoms with Crippen molar-refractivity contribution in [3.8, 4) is 11.1 Å². The van der Waals surface area contributed by atoms with Gasteiger partial charge in [-0.15, -0.1) is 0 Å².